The lowest BCUT2D eigenvalue weighted by atomic mass is 10.1. The Hall–Kier alpha value is -1.73. The van der Waals surface area contributed by atoms with Gasteiger partial charge in [-0.05, 0) is 13.3 Å². The lowest BCUT2D eigenvalue weighted by molar-refractivity contribution is 0.0630. The van der Waals surface area contributed by atoms with E-state index in [1.807, 2.05) is 0 Å². The van der Waals surface area contributed by atoms with E-state index in [1.54, 1.807) is 6.92 Å². The Labute approximate surface area is 89.3 Å². The van der Waals surface area contributed by atoms with Crippen LogP contribution in [0.1, 0.15) is 30.0 Å². The number of fused-ring (bicyclic) bond motifs is 1. The monoisotopic (exact) mass is 232 g/mol. The van der Waals surface area contributed by atoms with Crippen LogP contribution in [0.25, 0.3) is 0 Å². The average molecular weight is 232 g/mol. The number of nitrogens with zero attached hydrogens (tertiary/aromatic N) is 3. The van der Waals surface area contributed by atoms with Crippen molar-refractivity contribution in [1.29, 1.82) is 0 Å². The molecule has 0 amide bonds. The van der Waals surface area contributed by atoms with E-state index in [4.69, 9.17) is 5.11 Å². The van der Waals surface area contributed by atoms with E-state index < -0.39 is 24.3 Å². The number of aromatic carboxylic acids is 1. The molecule has 0 spiro atoms. The van der Waals surface area contributed by atoms with E-state index in [1.165, 1.54) is 0 Å². The van der Waals surface area contributed by atoms with Crippen molar-refractivity contribution in [3.05, 3.63) is 5.82 Å². The largest absolute Gasteiger partial charge is 0.475 e. The highest BCUT2D eigenvalue weighted by molar-refractivity contribution is 5.83. The third kappa shape index (κ3) is 1.70. The maximum absolute atomic E-state index is 12.7. The number of nitrogens with one attached hydrogen (secondary N) is 1. The van der Waals surface area contributed by atoms with Crippen molar-refractivity contribution in [2.75, 3.05) is 5.32 Å². The first-order valence-corrected chi connectivity index (χ1v) is 4.73. The lowest BCUT2D eigenvalue weighted by Gasteiger charge is -2.28. The Balaban J connectivity index is 2.41. The van der Waals surface area contributed by atoms with Gasteiger partial charge in [-0.1, -0.05) is 0 Å². The number of alkyl halides is 2. The number of aromatic nitrogens is 3. The van der Waals surface area contributed by atoms with Crippen LogP contribution in [0.2, 0.25) is 0 Å². The van der Waals surface area contributed by atoms with Gasteiger partial charge in [0.1, 0.15) is 6.04 Å². The molecular formula is C8H10F2N4O2. The van der Waals surface area contributed by atoms with Gasteiger partial charge in [-0.25, -0.2) is 18.3 Å². The molecule has 6 nitrogen and oxygen atoms in total. The van der Waals surface area contributed by atoms with Crippen molar-refractivity contribution in [2.24, 2.45) is 0 Å². The standard InChI is InChI=1S/C8H10F2N4O2/c1-3-2-4(5(9)10)14-8(11-3)12-6(13-14)7(15)16/h3-5H,2H2,1H3,(H,15,16)(H,11,12,13)/t3-,4+/m1/s1. The van der Waals surface area contributed by atoms with Gasteiger partial charge in [0, 0.05) is 6.04 Å². The zero-order valence-electron chi connectivity index (χ0n) is 8.39. The normalized spacial score (nSPS) is 24.0. The maximum Gasteiger partial charge on any atom is 0.375 e. The summed E-state index contributed by atoms with van der Waals surface area (Å²) in [6.07, 6.45) is -2.40. The highest BCUT2D eigenvalue weighted by atomic mass is 19.3. The third-order valence-electron chi connectivity index (χ3n) is 2.40. The lowest BCUT2D eigenvalue weighted by Crippen LogP contribution is -2.33. The molecular weight excluding hydrogens is 222 g/mol. The minimum Gasteiger partial charge on any atom is -0.475 e. The molecule has 1 aromatic rings. The summed E-state index contributed by atoms with van der Waals surface area (Å²) in [4.78, 5) is 14.3. The Kier molecular flexibility index (Phi) is 2.49. The van der Waals surface area contributed by atoms with Crippen LogP contribution >= 0.6 is 0 Å². The Morgan fingerprint density at radius 2 is 2.38 bits per heavy atom. The summed E-state index contributed by atoms with van der Waals surface area (Å²) in [6, 6.07) is -1.30. The SMILES string of the molecule is C[C@@H]1C[C@@H](C(F)F)n2nc(C(=O)O)nc2N1. The predicted molar refractivity (Wildman–Crippen MR) is 49.7 cm³/mol. The summed E-state index contributed by atoms with van der Waals surface area (Å²) in [7, 11) is 0. The van der Waals surface area contributed by atoms with Crippen LogP contribution in [0.5, 0.6) is 0 Å². The molecule has 1 aromatic heterocycles. The zero-order valence-corrected chi connectivity index (χ0v) is 8.39. The van der Waals surface area contributed by atoms with Crippen molar-refractivity contribution in [1.82, 2.24) is 14.8 Å². The van der Waals surface area contributed by atoms with E-state index in [0.29, 0.717) is 0 Å². The van der Waals surface area contributed by atoms with E-state index in [2.05, 4.69) is 15.4 Å². The van der Waals surface area contributed by atoms with Crippen molar-refractivity contribution in [2.45, 2.75) is 31.9 Å². The summed E-state index contributed by atoms with van der Waals surface area (Å²) in [5.74, 6) is -1.71. The number of carboxylic acids is 1. The molecule has 0 saturated carbocycles. The topological polar surface area (TPSA) is 80.0 Å². The van der Waals surface area contributed by atoms with E-state index in [0.717, 1.165) is 4.68 Å². The van der Waals surface area contributed by atoms with Crippen molar-refractivity contribution >= 4 is 11.9 Å². The molecule has 0 saturated heterocycles. The summed E-state index contributed by atoms with van der Waals surface area (Å²) >= 11 is 0. The molecule has 8 heteroatoms. The fourth-order valence-corrected chi connectivity index (χ4v) is 1.69. The van der Waals surface area contributed by atoms with Crippen LogP contribution in [-0.4, -0.2) is 38.3 Å². The van der Waals surface area contributed by atoms with E-state index in [9.17, 15) is 13.6 Å². The van der Waals surface area contributed by atoms with Gasteiger partial charge in [0.2, 0.25) is 5.95 Å². The third-order valence-corrected chi connectivity index (χ3v) is 2.40. The van der Waals surface area contributed by atoms with E-state index in [-0.39, 0.29) is 18.4 Å². The number of carbonyl (C=O) groups is 1. The highest BCUT2D eigenvalue weighted by Gasteiger charge is 2.33. The van der Waals surface area contributed by atoms with Gasteiger partial charge in [0.15, 0.2) is 0 Å². The number of anilines is 1. The number of halogens is 2. The molecule has 0 aromatic carbocycles. The summed E-state index contributed by atoms with van der Waals surface area (Å²) < 4.78 is 26.4. The summed E-state index contributed by atoms with van der Waals surface area (Å²) in [6.45, 7) is 1.73. The first kappa shape index (κ1) is 10.8. The molecule has 88 valence electrons. The predicted octanol–water partition coefficient (Wildman–Crippen LogP) is 0.987. The molecule has 0 aliphatic carbocycles. The van der Waals surface area contributed by atoms with Crippen LogP contribution in [0, 0.1) is 0 Å². The molecule has 2 rings (SSSR count). The van der Waals surface area contributed by atoms with Crippen LogP contribution < -0.4 is 5.32 Å². The van der Waals surface area contributed by atoms with Crippen molar-refractivity contribution in [3.8, 4) is 0 Å². The summed E-state index contributed by atoms with van der Waals surface area (Å²) in [5.41, 5.74) is 0. The van der Waals surface area contributed by atoms with Crippen molar-refractivity contribution < 1.29 is 18.7 Å². The van der Waals surface area contributed by atoms with Crippen LogP contribution in [0.15, 0.2) is 0 Å². The Morgan fingerprint density at radius 1 is 1.69 bits per heavy atom. The minimum atomic E-state index is -2.59. The molecule has 16 heavy (non-hydrogen) atoms. The second-order valence-electron chi connectivity index (χ2n) is 3.69. The minimum absolute atomic E-state index is 0.0847. The van der Waals surface area contributed by atoms with Gasteiger partial charge < -0.3 is 10.4 Å². The fraction of sp³-hybridized carbons (Fsp3) is 0.625. The Morgan fingerprint density at radius 3 is 2.94 bits per heavy atom. The van der Waals surface area contributed by atoms with Gasteiger partial charge in [-0.15, -0.1) is 5.10 Å². The molecule has 0 unspecified atom stereocenters. The summed E-state index contributed by atoms with van der Waals surface area (Å²) in [5, 5.41) is 15.0. The smallest absolute Gasteiger partial charge is 0.375 e. The van der Waals surface area contributed by atoms with Crippen molar-refractivity contribution in [3.63, 3.8) is 0 Å². The zero-order chi connectivity index (χ0) is 11.9. The number of carboxylic acid groups (broad SMARTS) is 1. The van der Waals surface area contributed by atoms with Gasteiger partial charge in [-0.3, -0.25) is 0 Å². The van der Waals surface area contributed by atoms with Gasteiger partial charge in [0.25, 0.3) is 12.2 Å². The molecule has 0 radical (unpaired) electrons. The second-order valence-corrected chi connectivity index (χ2v) is 3.69. The molecule has 2 N–H and O–H groups in total. The molecule has 1 aliphatic rings. The fourth-order valence-electron chi connectivity index (χ4n) is 1.69. The molecule has 2 atom stereocenters. The number of hydrogen-bond donors (Lipinski definition) is 2. The number of hydrogen-bond acceptors (Lipinski definition) is 4. The maximum atomic E-state index is 12.7. The highest BCUT2D eigenvalue weighted by Crippen LogP contribution is 2.29. The Bertz CT molecular complexity index is 420. The van der Waals surface area contributed by atoms with Gasteiger partial charge >= 0.3 is 5.97 Å². The van der Waals surface area contributed by atoms with Crippen LogP contribution in [-0.2, 0) is 0 Å². The number of rotatable bonds is 2. The quantitative estimate of drug-likeness (QED) is 0.794. The van der Waals surface area contributed by atoms with Crippen LogP contribution in [0.4, 0.5) is 14.7 Å². The van der Waals surface area contributed by atoms with Gasteiger partial charge in [-0.2, -0.15) is 4.98 Å². The van der Waals surface area contributed by atoms with E-state index >= 15 is 0 Å². The second kappa shape index (κ2) is 3.69. The average Bonchev–Trinajstić information content (AvgIpc) is 2.59. The molecule has 2 heterocycles. The molecule has 0 bridgehead atoms. The first-order chi connectivity index (χ1) is 7.49. The molecule has 0 fully saturated rings. The van der Waals surface area contributed by atoms with Gasteiger partial charge in [0.05, 0.1) is 0 Å². The molecule has 1 aliphatic heterocycles. The first-order valence-electron chi connectivity index (χ1n) is 4.73. The van der Waals surface area contributed by atoms with Crippen LogP contribution in [0.3, 0.4) is 0 Å².